The van der Waals surface area contributed by atoms with Gasteiger partial charge in [0.25, 0.3) is 0 Å². The molecule has 2 heterocycles. The number of hydrogen-bond donors (Lipinski definition) is 0. The Morgan fingerprint density at radius 3 is 2.27 bits per heavy atom. The zero-order chi connectivity index (χ0) is 16.5. The van der Waals surface area contributed by atoms with Crippen molar-refractivity contribution in [1.29, 1.82) is 0 Å². The van der Waals surface area contributed by atoms with Crippen LogP contribution >= 0.6 is 0 Å². The van der Waals surface area contributed by atoms with Crippen LogP contribution in [-0.4, -0.2) is 47.7 Å². The highest BCUT2D eigenvalue weighted by atomic mass is 16.6. The first kappa shape index (κ1) is 17.3. The standard InChI is InChI=1S/C17H29NO4/c1-12(19)13(2)21-15(20)18-10-8-17(9-11-18)7-6-14(22-17)16(3,4)5/h13-14H,6-11H2,1-5H3. The van der Waals surface area contributed by atoms with E-state index in [1.807, 2.05) is 0 Å². The van der Waals surface area contributed by atoms with Crippen molar-refractivity contribution in [1.82, 2.24) is 4.90 Å². The minimum Gasteiger partial charge on any atom is -0.438 e. The molecule has 126 valence electrons. The zero-order valence-corrected chi connectivity index (χ0v) is 14.5. The molecular formula is C17H29NO4. The minimum absolute atomic E-state index is 0.0685. The predicted octanol–water partition coefficient (Wildman–Crippen LogP) is 3.16. The summed E-state index contributed by atoms with van der Waals surface area (Å²) in [5, 5.41) is 0. The lowest BCUT2D eigenvalue weighted by Crippen LogP contribution is -2.48. The topological polar surface area (TPSA) is 55.8 Å². The van der Waals surface area contributed by atoms with Crippen molar-refractivity contribution in [2.75, 3.05) is 13.1 Å². The average molecular weight is 311 g/mol. The molecule has 0 aromatic heterocycles. The van der Waals surface area contributed by atoms with Crippen LogP contribution in [0.2, 0.25) is 0 Å². The molecule has 1 amide bonds. The van der Waals surface area contributed by atoms with Gasteiger partial charge in [-0.2, -0.15) is 0 Å². The first-order valence-corrected chi connectivity index (χ1v) is 8.27. The summed E-state index contributed by atoms with van der Waals surface area (Å²) in [7, 11) is 0. The molecule has 0 bridgehead atoms. The summed E-state index contributed by atoms with van der Waals surface area (Å²) in [5.41, 5.74) is 0.0946. The summed E-state index contributed by atoms with van der Waals surface area (Å²) in [5.74, 6) is -0.131. The molecule has 2 saturated heterocycles. The molecule has 0 aromatic rings. The van der Waals surface area contributed by atoms with Crippen molar-refractivity contribution >= 4 is 11.9 Å². The SMILES string of the molecule is CC(=O)C(C)OC(=O)N1CCC2(CCC(C(C)(C)C)O2)CC1. The Kier molecular flexibility index (Phi) is 4.85. The average Bonchev–Trinajstić information content (AvgIpc) is 2.83. The Bertz CT molecular complexity index is 432. The predicted molar refractivity (Wildman–Crippen MR) is 83.7 cm³/mol. The number of likely N-dealkylation sites (tertiary alicyclic amines) is 1. The lowest BCUT2D eigenvalue weighted by Gasteiger charge is -2.40. The normalized spacial score (nSPS) is 26.0. The van der Waals surface area contributed by atoms with Crippen LogP contribution in [0.5, 0.6) is 0 Å². The molecule has 0 aliphatic carbocycles. The number of nitrogens with zero attached hydrogens (tertiary/aromatic N) is 1. The van der Waals surface area contributed by atoms with Crippen molar-refractivity contribution in [2.24, 2.45) is 5.41 Å². The van der Waals surface area contributed by atoms with Gasteiger partial charge in [0.1, 0.15) is 0 Å². The van der Waals surface area contributed by atoms with Crippen molar-refractivity contribution < 1.29 is 19.1 Å². The van der Waals surface area contributed by atoms with Gasteiger partial charge in [-0.1, -0.05) is 20.8 Å². The second kappa shape index (κ2) is 6.19. The van der Waals surface area contributed by atoms with Gasteiger partial charge in [-0.25, -0.2) is 4.79 Å². The third-order valence-corrected chi connectivity index (χ3v) is 5.00. The van der Waals surface area contributed by atoms with E-state index >= 15 is 0 Å². The molecule has 0 saturated carbocycles. The van der Waals surface area contributed by atoms with E-state index in [9.17, 15) is 9.59 Å². The van der Waals surface area contributed by atoms with E-state index in [2.05, 4.69) is 20.8 Å². The fourth-order valence-corrected chi connectivity index (χ4v) is 3.20. The van der Waals surface area contributed by atoms with E-state index in [0.29, 0.717) is 19.2 Å². The van der Waals surface area contributed by atoms with Gasteiger partial charge < -0.3 is 14.4 Å². The lowest BCUT2D eigenvalue weighted by molar-refractivity contribution is -0.125. The fraction of sp³-hybridized carbons (Fsp3) is 0.882. The molecule has 2 rings (SSSR count). The number of hydrogen-bond acceptors (Lipinski definition) is 4. The first-order valence-electron chi connectivity index (χ1n) is 8.27. The molecule has 1 spiro atoms. The third kappa shape index (κ3) is 3.80. The van der Waals surface area contributed by atoms with E-state index in [4.69, 9.17) is 9.47 Å². The summed E-state index contributed by atoms with van der Waals surface area (Å²) in [6.07, 6.45) is 3.10. The number of rotatable bonds is 2. The number of carbonyl (C=O) groups excluding carboxylic acids is 2. The Morgan fingerprint density at radius 2 is 1.82 bits per heavy atom. The Balaban J connectivity index is 1.86. The van der Waals surface area contributed by atoms with E-state index in [1.54, 1.807) is 11.8 Å². The molecule has 0 aromatic carbocycles. The molecule has 22 heavy (non-hydrogen) atoms. The molecule has 5 nitrogen and oxygen atoms in total. The molecule has 2 fully saturated rings. The highest BCUT2D eigenvalue weighted by Crippen LogP contribution is 2.44. The number of ether oxygens (including phenoxy) is 2. The minimum atomic E-state index is -0.670. The van der Waals surface area contributed by atoms with Crippen molar-refractivity contribution in [3.63, 3.8) is 0 Å². The summed E-state index contributed by atoms with van der Waals surface area (Å²) in [4.78, 5) is 24.9. The van der Waals surface area contributed by atoms with Crippen LogP contribution in [0.15, 0.2) is 0 Å². The van der Waals surface area contributed by atoms with E-state index in [0.717, 1.165) is 25.7 Å². The monoisotopic (exact) mass is 311 g/mol. The number of ketones is 1. The van der Waals surface area contributed by atoms with Crippen LogP contribution in [0.4, 0.5) is 4.79 Å². The molecule has 5 heteroatoms. The Labute approximate surface area is 133 Å². The van der Waals surface area contributed by atoms with Crippen molar-refractivity contribution in [3.8, 4) is 0 Å². The molecule has 2 aliphatic rings. The highest BCUT2D eigenvalue weighted by Gasteiger charge is 2.46. The summed E-state index contributed by atoms with van der Waals surface area (Å²) >= 11 is 0. The summed E-state index contributed by atoms with van der Waals surface area (Å²) < 4.78 is 11.5. The van der Waals surface area contributed by atoms with E-state index < -0.39 is 6.10 Å². The van der Waals surface area contributed by atoms with Gasteiger partial charge in [0, 0.05) is 13.1 Å². The van der Waals surface area contributed by atoms with Crippen molar-refractivity contribution in [3.05, 3.63) is 0 Å². The molecule has 0 N–H and O–H groups in total. The maximum atomic E-state index is 12.1. The molecule has 2 unspecified atom stereocenters. The number of Topliss-reactive ketones (excluding diaryl/α,β-unsaturated/α-hetero) is 1. The fourth-order valence-electron chi connectivity index (χ4n) is 3.20. The van der Waals surface area contributed by atoms with Gasteiger partial charge in [0.15, 0.2) is 11.9 Å². The maximum absolute atomic E-state index is 12.1. The molecular weight excluding hydrogens is 282 g/mol. The van der Waals surface area contributed by atoms with Gasteiger partial charge in [-0.05, 0) is 44.9 Å². The second-order valence-electron chi connectivity index (χ2n) is 7.82. The van der Waals surface area contributed by atoms with Crippen LogP contribution in [0.25, 0.3) is 0 Å². The number of amides is 1. The lowest BCUT2D eigenvalue weighted by atomic mass is 9.85. The van der Waals surface area contributed by atoms with Gasteiger partial charge in [-0.3, -0.25) is 4.79 Å². The van der Waals surface area contributed by atoms with Crippen LogP contribution in [-0.2, 0) is 14.3 Å². The van der Waals surface area contributed by atoms with Crippen molar-refractivity contribution in [2.45, 2.75) is 78.1 Å². The Hall–Kier alpha value is -1.10. The number of carbonyl (C=O) groups is 2. The largest absolute Gasteiger partial charge is 0.438 e. The smallest absolute Gasteiger partial charge is 0.410 e. The highest BCUT2D eigenvalue weighted by molar-refractivity contribution is 5.82. The van der Waals surface area contributed by atoms with Gasteiger partial charge in [0.05, 0.1) is 11.7 Å². The zero-order valence-electron chi connectivity index (χ0n) is 14.5. The maximum Gasteiger partial charge on any atom is 0.410 e. The van der Waals surface area contributed by atoms with Gasteiger partial charge >= 0.3 is 6.09 Å². The second-order valence-corrected chi connectivity index (χ2v) is 7.82. The van der Waals surface area contributed by atoms with Gasteiger partial charge in [0.2, 0.25) is 0 Å². The van der Waals surface area contributed by atoms with Crippen LogP contribution in [0.1, 0.15) is 60.3 Å². The quantitative estimate of drug-likeness (QED) is 0.786. The van der Waals surface area contributed by atoms with E-state index in [1.165, 1.54) is 6.92 Å². The summed E-state index contributed by atoms with van der Waals surface area (Å²) in [6.45, 7) is 11.0. The molecule has 2 atom stereocenters. The third-order valence-electron chi connectivity index (χ3n) is 5.00. The van der Waals surface area contributed by atoms with Gasteiger partial charge in [-0.15, -0.1) is 0 Å². The molecule has 2 aliphatic heterocycles. The number of piperidine rings is 1. The summed E-state index contributed by atoms with van der Waals surface area (Å²) in [6, 6.07) is 0. The van der Waals surface area contributed by atoms with Crippen LogP contribution in [0.3, 0.4) is 0 Å². The van der Waals surface area contributed by atoms with E-state index in [-0.39, 0.29) is 22.9 Å². The first-order chi connectivity index (χ1) is 10.1. The van der Waals surface area contributed by atoms with Crippen LogP contribution < -0.4 is 0 Å². The Morgan fingerprint density at radius 1 is 1.23 bits per heavy atom. The van der Waals surface area contributed by atoms with Crippen LogP contribution in [0, 0.1) is 5.41 Å². The molecule has 0 radical (unpaired) electrons.